The molecule has 2 atom stereocenters. The molecule has 21 heavy (non-hydrogen) atoms. The summed E-state index contributed by atoms with van der Waals surface area (Å²) in [6, 6.07) is 0. The molecule has 1 aliphatic rings. The highest BCUT2D eigenvalue weighted by molar-refractivity contribution is 7.19. The van der Waals surface area contributed by atoms with E-state index in [1.807, 2.05) is 0 Å². The van der Waals surface area contributed by atoms with Gasteiger partial charge in [0.1, 0.15) is 15.6 Å². The van der Waals surface area contributed by atoms with Crippen molar-refractivity contribution in [1.29, 1.82) is 0 Å². The Bertz CT molecular complexity index is 516. The summed E-state index contributed by atoms with van der Waals surface area (Å²) in [6.45, 7) is 3.68. The van der Waals surface area contributed by atoms with Crippen LogP contribution in [0, 0.1) is 5.92 Å². The maximum Gasteiger partial charge on any atom is 0.265 e. The Labute approximate surface area is 129 Å². The molecule has 2 rings (SSSR count). The van der Waals surface area contributed by atoms with Crippen LogP contribution >= 0.6 is 11.3 Å². The summed E-state index contributed by atoms with van der Waals surface area (Å²) in [6.07, 6.45) is 1.30. The van der Waals surface area contributed by atoms with E-state index in [9.17, 15) is 4.79 Å². The van der Waals surface area contributed by atoms with Crippen LogP contribution in [0.4, 0.5) is 10.7 Å². The normalized spacial score (nSPS) is 21.3. The summed E-state index contributed by atoms with van der Waals surface area (Å²) in [4.78, 5) is 14.1. The number of nitrogens with two attached hydrogens (primary N) is 1. The predicted molar refractivity (Wildman–Crippen MR) is 85.3 cm³/mol. The fourth-order valence-electron chi connectivity index (χ4n) is 2.38. The summed E-state index contributed by atoms with van der Waals surface area (Å²) in [5, 5.41) is 4.16. The third-order valence-electron chi connectivity index (χ3n) is 3.76. The van der Waals surface area contributed by atoms with Crippen LogP contribution in [0.1, 0.15) is 23.0 Å². The molecule has 7 heteroatoms. The quantitative estimate of drug-likeness (QED) is 0.868. The summed E-state index contributed by atoms with van der Waals surface area (Å²) in [5.74, 6) is 0.907. The summed E-state index contributed by atoms with van der Waals surface area (Å²) in [7, 11) is 4.98. The van der Waals surface area contributed by atoms with Gasteiger partial charge in [0.25, 0.3) is 5.91 Å². The van der Waals surface area contributed by atoms with E-state index in [4.69, 9.17) is 15.2 Å². The van der Waals surface area contributed by atoms with Gasteiger partial charge in [-0.3, -0.25) is 4.79 Å². The van der Waals surface area contributed by atoms with Crippen LogP contribution in [0.3, 0.4) is 0 Å². The number of carbonyl (C=O) groups is 1. The van der Waals surface area contributed by atoms with Gasteiger partial charge in [-0.15, -0.1) is 11.3 Å². The van der Waals surface area contributed by atoms with E-state index in [0.29, 0.717) is 22.2 Å². The number of hydrogen-bond acceptors (Lipinski definition) is 6. The SMILES string of the molecule is COc1c(NCC2CCOC2C)sc(C(=O)N(C)C)c1N. The average Bonchev–Trinajstić information content (AvgIpc) is 2.99. The van der Waals surface area contributed by atoms with E-state index in [1.54, 1.807) is 21.2 Å². The van der Waals surface area contributed by atoms with Gasteiger partial charge in [0.2, 0.25) is 0 Å². The van der Waals surface area contributed by atoms with Crippen LogP contribution in [0.25, 0.3) is 0 Å². The van der Waals surface area contributed by atoms with Gasteiger partial charge in [0, 0.05) is 33.2 Å². The lowest BCUT2D eigenvalue weighted by molar-refractivity contribution is 0.0833. The maximum absolute atomic E-state index is 12.1. The average molecular weight is 313 g/mol. The third-order valence-corrected chi connectivity index (χ3v) is 4.89. The Morgan fingerprint density at radius 2 is 2.29 bits per heavy atom. The van der Waals surface area contributed by atoms with Gasteiger partial charge in [-0.25, -0.2) is 0 Å². The number of carbonyl (C=O) groups excluding carboxylic acids is 1. The molecule has 118 valence electrons. The van der Waals surface area contributed by atoms with E-state index >= 15 is 0 Å². The van der Waals surface area contributed by atoms with Crippen molar-refractivity contribution in [2.75, 3.05) is 45.4 Å². The van der Waals surface area contributed by atoms with Gasteiger partial charge < -0.3 is 25.4 Å². The molecule has 0 radical (unpaired) electrons. The van der Waals surface area contributed by atoms with Gasteiger partial charge in [0.15, 0.2) is 5.75 Å². The molecule has 3 N–H and O–H groups in total. The van der Waals surface area contributed by atoms with Gasteiger partial charge in [-0.05, 0) is 13.3 Å². The molecule has 1 aromatic rings. The van der Waals surface area contributed by atoms with Crippen LogP contribution in [0.2, 0.25) is 0 Å². The van der Waals surface area contributed by atoms with E-state index in [2.05, 4.69) is 12.2 Å². The number of nitrogens with zero attached hydrogens (tertiary/aromatic N) is 1. The molecular formula is C14H23N3O3S. The van der Waals surface area contributed by atoms with E-state index in [0.717, 1.165) is 24.6 Å². The molecule has 2 heterocycles. The second-order valence-corrected chi connectivity index (χ2v) is 6.43. The van der Waals surface area contributed by atoms with Crippen LogP contribution in [-0.2, 0) is 4.74 Å². The molecule has 1 fully saturated rings. The van der Waals surface area contributed by atoms with E-state index in [1.165, 1.54) is 16.2 Å². The minimum atomic E-state index is -0.110. The first-order valence-corrected chi connectivity index (χ1v) is 7.80. The Morgan fingerprint density at radius 1 is 1.57 bits per heavy atom. The van der Waals surface area contributed by atoms with Crippen LogP contribution in [-0.4, -0.2) is 51.3 Å². The Balaban J connectivity index is 2.15. The number of thiophene rings is 1. The zero-order valence-electron chi connectivity index (χ0n) is 12.9. The number of nitrogen functional groups attached to an aromatic ring is 1. The first kappa shape index (κ1) is 15.9. The fourth-order valence-corrected chi connectivity index (χ4v) is 3.50. The van der Waals surface area contributed by atoms with Crippen LogP contribution < -0.4 is 15.8 Å². The largest absolute Gasteiger partial charge is 0.492 e. The lowest BCUT2D eigenvalue weighted by atomic mass is 10.0. The minimum absolute atomic E-state index is 0.110. The first-order chi connectivity index (χ1) is 9.95. The van der Waals surface area contributed by atoms with Crippen molar-refractivity contribution in [3.8, 4) is 5.75 Å². The standard InChI is InChI=1S/C14H23N3O3S/c1-8-9(5-6-20-8)7-16-13-11(19-4)10(15)12(21-13)14(18)17(2)3/h8-9,16H,5-7,15H2,1-4H3. The van der Waals surface area contributed by atoms with Gasteiger partial charge in [-0.2, -0.15) is 0 Å². The molecule has 0 aromatic carbocycles. The summed E-state index contributed by atoms with van der Waals surface area (Å²) >= 11 is 1.34. The Hall–Kier alpha value is -1.47. The summed E-state index contributed by atoms with van der Waals surface area (Å²) in [5.41, 5.74) is 6.44. The number of amides is 1. The topological polar surface area (TPSA) is 76.8 Å². The van der Waals surface area contributed by atoms with Crippen molar-refractivity contribution in [1.82, 2.24) is 4.90 Å². The lowest BCUT2D eigenvalue weighted by Gasteiger charge is -2.15. The molecule has 6 nitrogen and oxygen atoms in total. The number of ether oxygens (including phenoxy) is 2. The molecule has 0 spiro atoms. The highest BCUT2D eigenvalue weighted by Crippen LogP contribution is 2.43. The molecule has 1 aromatic heterocycles. The van der Waals surface area contributed by atoms with Crippen molar-refractivity contribution >= 4 is 27.9 Å². The van der Waals surface area contributed by atoms with Crippen LogP contribution in [0.5, 0.6) is 5.75 Å². The van der Waals surface area contributed by atoms with Crippen molar-refractivity contribution in [3.05, 3.63) is 4.88 Å². The molecule has 1 aliphatic heterocycles. The molecular weight excluding hydrogens is 290 g/mol. The lowest BCUT2D eigenvalue weighted by Crippen LogP contribution is -2.21. The smallest absolute Gasteiger partial charge is 0.265 e. The van der Waals surface area contributed by atoms with E-state index in [-0.39, 0.29) is 12.0 Å². The molecule has 1 amide bonds. The number of methoxy groups -OCH3 is 1. The number of nitrogens with one attached hydrogen (secondary N) is 1. The van der Waals surface area contributed by atoms with Crippen molar-refractivity contribution in [3.63, 3.8) is 0 Å². The first-order valence-electron chi connectivity index (χ1n) is 6.99. The molecule has 0 saturated carbocycles. The highest BCUT2D eigenvalue weighted by atomic mass is 32.1. The molecule has 0 aliphatic carbocycles. The second-order valence-electron chi connectivity index (χ2n) is 5.41. The van der Waals surface area contributed by atoms with E-state index < -0.39 is 0 Å². The maximum atomic E-state index is 12.1. The Morgan fingerprint density at radius 3 is 2.81 bits per heavy atom. The summed E-state index contributed by atoms with van der Waals surface area (Å²) < 4.78 is 10.9. The second kappa shape index (κ2) is 6.53. The van der Waals surface area contributed by atoms with Crippen LogP contribution in [0.15, 0.2) is 0 Å². The molecule has 2 unspecified atom stereocenters. The Kier molecular flexibility index (Phi) is 4.95. The zero-order chi connectivity index (χ0) is 15.6. The number of rotatable bonds is 5. The van der Waals surface area contributed by atoms with Gasteiger partial charge in [0.05, 0.1) is 13.2 Å². The van der Waals surface area contributed by atoms with Gasteiger partial charge in [-0.1, -0.05) is 0 Å². The zero-order valence-corrected chi connectivity index (χ0v) is 13.8. The predicted octanol–water partition coefficient (Wildman–Crippen LogP) is 1.88. The highest BCUT2D eigenvalue weighted by Gasteiger charge is 2.26. The van der Waals surface area contributed by atoms with Crippen molar-refractivity contribution in [2.45, 2.75) is 19.4 Å². The minimum Gasteiger partial charge on any atom is -0.492 e. The monoisotopic (exact) mass is 313 g/mol. The van der Waals surface area contributed by atoms with Crippen molar-refractivity contribution < 1.29 is 14.3 Å². The third kappa shape index (κ3) is 3.24. The number of hydrogen-bond donors (Lipinski definition) is 2. The molecule has 0 bridgehead atoms. The van der Waals surface area contributed by atoms with Gasteiger partial charge >= 0.3 is 0 Å². The fraction of sp³-hybridized carbons (Fsp3) is 0.643. The number of anilines is 2. The van der Waals surface area contributed by atoms with Crippen molar-refractivity contribution in [2.24, 2.45) is 5.92 Å². The molecule has 1 saturated heterocycles.